The van der Waals surface area contributed by atoms with Crippen molar-refractivity contribution < 1.29 is 27.7 Å². The highest BCUT2D eigenvalue weighted by Crippen LogP contribution is 2.19. The maximum atomic E-state index is 13.6. The summed E-state index contributed by atoms with van der Waals surface area (Å²) < 4.78 is 39.8. The number of quaternary nitrogens is 1. The van der Waals surface area contributed by atoms with E-state index >= 15 is 0 Å². The average molecular weight is 408 g/mol. The van der Waals surface area contributed by atoms with Crippen LogP contribution in [0.1, 0.15) is 16.7 Å². The average Bonchev–Trinajstić information content (AvgIpc) is 2.64. The van der Waals surface area contributed by atoms with Gasteiger partial charge in [-0.2, -0.15) is 0 Å². The highest BCUT2D eigenvalue weighted by Gasteiger charge is 2.20. The molecule has 1 unspecified atom stereocenters. The number of rotatable bonds is 7. The molecule has 0 saturated heterocycles. The lowest BCUT2D eigenvalue weighted by Gasteiger charge is -2.21. The molecule has 0 aromatic heterocycles. The monoisotopic (exact) mass is 408 g/mol. The Balaban J connectivity index is 1.89. The quantitative estimate of drug-likeness (QED) is 0.687. The van der Waals surface area contributed by atoms with Gasteiger partial charge < -0.3 is 15.1 Å². The molecule has 2 amide bonds. The van der Waals surface area contributed by atoms with Gasteiger partial charge in [-0.15, -0.1) is 0 Å². The summed E-state index contributed by atoms with van der Waals surface area (Å²) in [6, 6.07) is 7.70. The van der Waals surface area contributed by atoms with Crippen molar-refractivity contribution in [2.45, 2.75) is 20.4 Å². The molecule has 0 heterocycles. The fraction of sp³-hybridized carbons (Fsp3) is 0.333. The first kappa shape index (κ1) is 22.4. The van der Waals surface area contributed by atoms with Gasteiger partial charge in [-0.05, 0) is 37.1 Å². The number of benzene rings is 2. The molecule has 1 atom stereocenters. The topological polar surface area (TPSA) is 53.9 Å². The molecule has 156 valence electrons. The molecule has 0 aliphatic heterocycles. The SMILES string of the molecule is Cc1ccc(CN(C)C(=O)C[NH+](C)CC(=O)Nc2ccc(F)c(F)c2F)c(C)c1. The van der Waals surface area contributed by atoms with Crippen LogP contribution in [0.2, 0.25) is 0 Å². The third-order valence-corrected chi connectivity index (χ3v) is 4.56. The second kappa shape index (κ2) is 9.56. The maximum absolute atomic E-state index is 13.6. The highest BCUT2D eigenvalue weighted by molar-refractivity contribution is 5.91. The van der Waals surface area contributed by atoms with Crippen molar-refractivity contribution in [3.8, 4) is 0 Å². The minimum atomic E-state index is -1.65. The number of carbonyl (C=O) groups is 2. The van der Waals surface area contributed by atoms with E-state index in [1.807, 2.05) is 32.0 Å². The number of halogens is 3. The van der Waals surface area contributed by atoms with E-state index in [0.29, 0.717) is 11.4 Å². The van der Waals surface area contributed by atoms with Crippen molar-refractivity contribution in [1.82, 2.24) is 4.90 Å². The minimum Gasteiger partial charge on any atom is -0.337 e. The van der Waals surface area contributed by atoms with Crippen molar-refractivity contribution in [2.24, 2.45) is 0 Å². The van der Waals surface area contributed by atoms with E-state index in [1.165, 1.54) is 0 Å². The van der Waals surface area contributed by atoms with Gasteiger partial charge in [-0.3, -0.25) is 9.59 Å². The van der Waals surface area contributed by atoms with Crippen LogP contribution in [0.5, 0.6) is 0 Å². The Labute approximate surface area is 168 Å². The van der Waals surface area contributed by atoms with Crippen LogP contribution in [-0.4, -0.2) is 43.9 Å². The molecule has 2 N–H and O–H groups in total. The Hall–Kier alpha value is -2.87. The van der Waals surface area contributed by atoms with Crippen LogP contribution in [0.3, 0.4) is 0 Å². The van der Waals surface area contributed by atoms with Gasteiger partial charge in [0.15, 0.2) is 30.5 Å². The Bertz CT molecular complexity index is 918. The largest absolute Gasteiger partial charge is 0.337 e. The number of anilines is 1. The van der Waals surface area contributed by atoms with E-state index in [2.05, 4.69) is 5.32 Å². The molecule has 29 heavy (non-hydrogen) atoms. The Morgan fingerprint density at radius 1 is 1.03 bits per heavy atom. The van der Waals surface area contributed by atoms with Crippen molar-refractivity contribution in [3.63, 3.8) is 0 Å². The van der Waals surface area contributed by atoms with Gasteiger partial charge in [-0.25, -0.2) is 13.2 Å². The molecule has 5 nitrogen and oxygen atoms in total. The second-order valence-electron chi connectivity index (χ2n) is 7.26. The van der Waals surface area contributed by atoms with Gasteiger partial charge >= 0.3 is 0 Å². The normalized spacial score (nSPS) is 11.8. The zero-order valence-corrected chi connectivity index (χ0v) is 16.9. The highest BCUT2D eigenvalue weighted by atomic mass is 19.2. The first-order valence-electron chi connectivity index (χ1n) is 9.13. The third kappa shape index (κ3) is 6.05. The summed E-state index contributed by atoms with van der Waals surface area (Å²) >= 11 is 0. The first-order chi connectivity index (χ1) is 13.6. The van der Waals surface area contributed by atoms with Gasteiger partial charge in [0.05, 0.1) is 12.7 Å². The molecule has 0 spiro atoms. The van der Waals surface area contributed by atoms with Crippen LogP contribution in [0.15, 0.2) is 30.3 Å². The lowest BCUT2D eigenvalue weighted by Crippen LogP contribution is -3.11. The van der Waals surface area contributed by atoms with Gasteiger partial charge in [-0.1, -0.05) is 23.8 Å². The summed E-state index contributed by atoms with van der Waals surface area (Å²) in [6.45, 7) is 4.35. The summed E-state index contributed by atoms with van der Waals surface area (Å²) in [5.41, 5.74) is 2.84. The Morgan fingerprint density at radius 2 is 1.72 bits per heavy atom. The van der Waals surface area contributed by atoms with Crippen LogP contribution in [0, 0.1) is 31.3 Å². The van der Waals surface area contributed by atoms with Gasteiger partial charge in [0.25, 0.3) is 11.8 Å². The van der Waals surface area contributed by atoms with Crippen LogP contribution in [0.25, 0.3) is 0 Å². The summed E-state index contributed by atoms with van der Waals surface area (Å²) in [5, 5.41) is 2.20. The zero-order valence-electron chi connectivity index (χ0n) is 16.9. The molecule has 0 saturated carbocycles. The van der Waals surface area contributed by atoms with Gasteiger partial charge in [0, 0.05) is 13.6 Å². The molecule has 2 rings (SSSR count). The molecule has 0 bridgehead atoms. The molecule has 2 aromatic rings. The predicted molar refractivity (Wildman–Crippen MR) is 104 cm³/mol. The van der Waals surface area contributed by atoms with E-state index in [1.54, 1.807) is 19.0 Å². The number of hydrogen-bond acceptors (Lipinski definition) is 2. The molecule has 0 aliphatic rings. The predicted octanol–water partition coefficient (Wildman–Crippen LogP) is 1.83. The lowest BCUT2D eigenvalue weighted by atomic mass is 10.1. The molecule has 0 fully saturated rings. The fourth-order valence-electron chi connectivity index (χ4n) is 2.91. The molecule has 8 heteroatoms. The van der Waals surface area contributed by atoms with E-state index in [0.717, 1.165) is 28.8 Å². The van der Waals surface area contributed by atoms with Crippen LogP contribution in [0.4, 0.5) is 18.9 Å². The third-order valence-electron chi connectivity index (χ3n) is 4.56. The Kier molecular flexibility index (Phi) is 7.39. The van der Waals surface area contributed by atoms with Crippen LogP contribution in [-0.2, 0) is 16.1 Å². The van der Waals surface area contributed by atoms with Crippen LogP contribution < -0.4 is 10.2 Å². The lowest BCUT2D eigenvalue weighted by molar-refractivity contribution is -0.862. The number of amides is 2. The summed E-state index contributed by atoms with van der Waals surface area (Å²) in [7, 11) is 3.33. The second-order valence-corrected chi connectivity index (χ2v) is 7.26. The number of nitrogens with one attached hydrogen (secondary N) is 2. The molecular formula is C21H25F3N3O2+. The molecule has 2 aromatic carbocycles. The number of carbonyl (C=O) groups excluding carboxylic acids is 2. The first-order valence-corrected chi connectivity index (χ1v) is 9.13. The smallest absolute Gasteiger partial charge is 0.279 e. The fourth-order valence-corrected chi connectivity index (χ4v) is 2.91. The van der Waals surface area contributed by atoms with Crippen molar-refractivity contribution in [3.05, 3.63) is 64.5 Å². The van der Waals surface area contributed by atoms with Gasteiger partial charge in [0.1, 0.15) is 0 Å². The molecular weight excluding hydrogens is 383 g/mol. The summed E-state index contributed by atoms with van der Waals surface area (Å²) in [4.78, 5) is 26.6. The van der Waals surface area contributed by atoms with E-state index in [9.17, 15) is 22.8 Å². The summed E-state index contributed by atoms with van der Waals surface area (Å²) in [5.74, 6) is -5.21. The molecule has 0 radical (unpaired) electrons. The Morgan fingerprint density at radius 3 is 2.38 bits per heavy atom. The van der Waals surface area contributed by atoms with E-state index in [4.69, 9.17) is 0 Å². The number of nitrogens with zero attached hydrogens (tertiary/aromatic N) is 1. The standard InChI is InChI=1S/C21H24F3N3O2/c1-13-5-6-15(14(2)9-13)10-27(4)19(29)12-26(3)11-18(28)25-17-8-7-16(22)20(23)21(17)24/h5-9H,10-12H2,1-4H3,(H,25,28)/p+1. The van der Waals surface area contributed by atoms with E-state index in [-0.39, 0.29) is 19.0 Å². The minimum absolute atomic E-state index is 0.0507. The van der Waals surface area contributed by atoms with Crippen molar-refractivity contribution in [1.29, 1.82) is 0 Å². The van der Waals surface area contributed by atoms with Crippen molar-refractivity contribution in [2.75, 3.05) is 32.5 Å². The zero-order chi connectivity index (χ0) is 21.7. The maximum Gasteiger partial charge on any atom is 0.279 e. The summed E-state index contributed by atoms with van der Waals surface area (Å²) in [6.07, 6.45) is 0. The molecule has 0 aliphatic carbocycles. The number of likely N-dealkylation sites (N-methyl/N-ethyl adjacent to an activating group) is 2. The number of aryl methyl sites for hydroxylation is 2. The van der Waals surface area contributed by atoms with Crippen molar-refractivity contribution >= 4 is 17.5 Å². The number of hydrogen-bond donors (Lipinski definition) is 2. The van der Waals surface area contributed by atoms with Crippen LogP contribution >= 0.6 is 0 Å². The van der Waals surface area contributed by atoms with E-state index < -0.39 is 29.0 Å². The van der Waals surface area contributed by atoms with Gasteiger partial charge in [0.2, 0.25) is 0 Å².